The van der Waals surface area contributed by atoms with Crippen LogP contribution in [0.25, 0.3) is 10.9 Å². The summed E-state index contributed by atoms with van der Waals surface area (Å²) in [6.07, 6.45) is 2.07. The fourth-order valence-corrected chi connectivity index (χ4v) is 6.11. The highest BCUT2D eigenvalue weighted by molar-refractivity contribution is 6.00. The Morgan fingerprint density at radius 2 is 1.73 bits per heavy atom. The Hall–Kier alpha value is -4.95. The number of likely N-dealkylation sites (N-methyl/N-ethyl adjacent to an activating group) is 1. The van der Waals surface area contributed by atoms with Gasteiger partial charge in [-0.3, -0.25) is 24.0 Å². The van der Waals surface area contributed by atoms with Crippen molar-refractivity contribution < 1.29 is 43.3 Å². The van der Waals surface area contributed by atoms with Crippen LogP contribution in [0.15, 0.2) is 24.3 Å². The van der Waals surface area contributed by atoms with E-state index in [1.807, 2.05) is 13.0 Å². The summed E-state index contributed by atoms with van der Waals surface area (Å²) in [5.41, 5.74) is 1.13. The van der Waals surface area contributed by atoms with Gasteiger partial charge in [-0.25, -0.2) is 9.78 Å². The Labute approximate surface area is 278 Å². The zero-order valence-electron chi connectivity index (χ0n) is 27.5. The molecule has 3 aliphatic rings. The molecule has 15 heteroatoms. The van der Waals surface area contributed by atoms with Crippen molar-refractivity contribution in [3.63, 3.8) is 0 Å². The standard InChI is InChI=1S/C33H42N6O9/c1-4-47-33(46)38-14-12-37(13-15-38)31(44)25(18-29(41)42)35-30(43)24-17-27(22-10-7-20(2)16-23(22)34-24)48-19-28(40)39-11-5-6-26(39)32(45)36(3)21-8-9-21/h7,10,16-17,21,25-26H,4-6,8-9,11-15,18-19H2,1-3H3,(H,35,43)(H,41,42)/t25-,26-/m0/s1. The van der Waals surface area contributed by atoms with Crippen molar-refractivity contribution in [1.82, 2.24) is 29.9 Å². The van der Waals surface area contributed by atoms with Crippen LogP contribution in [0.1, 0.15) is 55.1 Å². The quantitative estimate of drug-likeness (QED) is 0.356. The highest BCUT2D eigenvalue weighted by atomic mass is 16.6. The predicted molar refractivity (Wildman–Crippen MR) is 171 cm³/mol. The summed E-state index contributed by atoms with van der Waals surface area (Å²) in [4.78, 5) is 87.7. The van der Waals surface area contributed by atoms with E-state index in [0.717, 1.165) is 18.4 Å². The average Bonchev–Trinajstić information content (AvgIpc) is 3.80. The molecule has 2 atom stereocenters. The van der Waals surface area contributed by atoms with Gasteiger partial charge in [0.25, 0.3) is 11.8 Å². The minimum absolute atomic E-state index is 0.0708. The van der Waals surface area contributed by atoms with Gasteiger partial charge in [-0.05, 0) is 57.2 Å². The third-order valence-corrected chi connectivity index (χ3v) is 8.91. The summed E-state index contributed by atoms with van der Waals surface area (Å²) < 4.78 is 11.0. The molecule has 0 bridgehead atoms. The van der Waals surface area contributed by atoms with Gasteiger partial charge in [0, 0.05) is 57.3 Å². The van der Waals surface area contributed by atoms with Gasteiger partial charge in [-0.15, -0.1) is 0 Å². The third-order valence-electron chi connectivity index (χ3n) is 8.91. The van der Waals surface area contributed by atoms with Gasteiger partial charge in [-0.2, -0.15) is 0 Å². The van der Waals surface area contributed by atoms with Crippen LogP contribution in [-0.4, -0.2) is 136 Å². The van der Waals surface area contributed by atoms with E-state index >= 15 is 0 Å². The van der Waals surface area contributed by atoms with Crippen LogP contribution < -0.4 is 10.1 Å². The van der Waals surface area contributed by atoms with Crippen molar-refractivity contribution in [1.29, 1.82) is 0 Å². The largest absolute Gasteiger partial charge is 0.483 e. The number of likely N-dealkylation sites (tertiary alicyclic amines) is 1. The molecule has 15 nitrogen and oxygen atoms in total. The van der Waals surface area contributed by atoms with Crippen LogP contribution in [-0.2, 0) is 23.9 Å². The molecule has 1 saturated carbocycles. The number of amides is 5. The van der Waals surface area contributed by atoms with Crippen LogP contribution in [0.4, 0.5) is 4.79 Å². The van der Waals surface area contributed by atoms with E-state index in [9.17, 15) is 33.9 Å². The molecule has 3 fully saturated rings. The molecule has 2 aliphatic heterocycles. The molecule has 0 radical (unpaired) electrons. The third kappa shape index (κ3) is 7.94. The fourth-order valence-electron chi connectivity index (χ4n) is 6.11. The summed E-state index contributed by atoms with van der Waals surface area (Å²) in [5, 5.41) is 12.6. The van der Waals surface area contributed by atoms with Gasteiger partial charge in [0.2, 0.25) is 11.8 Å². The predicted octanol–water partition coefficient (Wildman–Crippen LogP) is 1.41. The number of aromatic nitrogens is 1. The summed E-state index contributed by atoms with van der Waals surface area (Å²) in [7, 11) is 1.77. The van der Waals surface area contributed by atoms with Gasteiger partial charge in [0.05, 0.1) is 18.5 Å². The van der Waals surface area contributed by atoms with E-state index in [4.69, 9.17) is 9.47 Å². The number of aliphatic carboxylic acids is 1. The number of carbonyl (C=O) groups is 6. The zero-order chi connectivity index (χ0) is 34.5. The SMILES string of the molecule is CCOC(=O)N1CCN(C(=O)[C@H](CC(=O)O)NC(=O)c2cc(OCC(=O)N3CCC[C@H]3C(=O)N(C)C3CC3)c3ccc(C)cc3n2)CC1. The van der Waals surface area contributed by atoms with Crippen molar-refractivity contribution in [2.75, 3.05) is 53.0 Å². The summed E-state index contributed by atoms with van der Waals surface area (Å²) >= 11 is 0. The Morgan fingerprint density at radius 1 is 1.02 bits per heavy atom. The molecule has 1 aromatic carbocycles. The second kappa shape index (κ2) is 14.9. The number of fused-ring (bicyclic) bond motifs is 1. The second-order valence-electron chi connectivity index (χ2n) is 12.4. The van der Waals surface area contributed by atoms with Crippen molar-refractivity contribution in [2.45, 2.75) is 64.1 Å². The average molecular weight is 667 g/mol. The highest BCUT2D eigenvalue weighted by Crippen LogP contribution is 2.30. The molecule has 5 amide bonds. The number of hydrogen-bond acceptors (Lipinski definition) is 9. The molecule has 48 heavy (non-hydrogen) atoms. The molecule has 5 rings (SSSR count). The number of pyridine rings is 1. The molecule has 2 N–H and O–H groups in total. The van der Waals surface area contributed by atoms with E-state index in [2.05, 4.69) is 10.3 Å². The van der Waals surface area contributed by atoms with E-state index in [0.29, 0.717) is 30.3 Å². The van der Waals surface area contributed by atoms with Gasteiger partial charge in [0.15, 0.2) is 6.61 Å². The smallest absolute Gasteiger partial charge is 0.409 e. The fraction of sp³-hybridized carbons (Fsp3) is 0.545. The second-order valence-corrected chi connectivity index (χ2v) is 12.4. The monoisotopic (exact) mass is 666 g/mol. The first-order chi connectivity index (χ1) is 23.0. The minimum atomic E-state index is -1.40. The number of rotatable bonds is 11. The summed E-state index contributed by atoms with van der Waals surface area (Å²) in [6.45, 7) is 4.52. The van der Waals surface area contributed by atoms with Gasteiger partial charge in [-0.1, -0.05) is 6.07 Å². The topological polar surface area (TPSA) is 179 Å². The number of piperazine rings is 1. The number of hydrogen-bond donors (Lipinski definition) is 2. The first-order valence-corrected chi connectivity index (χ1v) is 16.3. The lowest BCUT2D eigenvalue weighted by molar-refractivity contribution is -0.144. The molecule has 2 aromatic rings. The number of carbonyl (C=O) groups excluding carboxylic acids is 5. The van der Waals surface area contributed by atoms with E-state index < -0.39 is 42.4 Å². The molecule has 3 heterocycles. The van der Waals surface area contributed by atoms with Crippen LogP contribution in [0.2, 0.25) is 0 Å². The lowest BCUT2D eigenvalue weighted by Gasteiger charge is -2.35. The molecule has 1 aromatic heterocycles. The maximum absolute atomic E-state index is 13.5. The number of nitrogens with one attached hydrogen (secondary N) is 1. The highest BCUT2D eigenvalue weighted by Gasteiger charge is 2.40. The molecular formula is C33H42N6O9. The number of nitrogens with zero attached hydrogens (tertiary/aromatic N) is 5. The molecule has 0 unspecified atom stereocenters. The van der Waals surface area contributed by atoms with Crippen molar-refractivity contribution in [3.05, 3.63) is 35.5 Å². The molecule has 0 spiro atoms. The maximum atomic E-state index is 13.5. The maximum Gasteiger partial charge on any atom is 0.409 e. The molecular weight excluding hydrogens is 624 g/mol. The number of ether oxygens (including phenoxy) is 2. The minimum Gasteiger partial charge on any atom is -0.483 e. The number of aryl methyl sites for hydroxylation is 1. The van der Waals surface area contributed by atoms with Crippen LogP contribution in [0.5, 0.6) is 5.75 Å². The number of benzene rings is 1. The van der Waals surface area contributed by atoms with Crippen molar-refractivity contribution in [2.24, 2.45) is 0 Å². The molecule has 1 aliphatic carbocycles. The Balaban J connectivity index is 1.30. The van der Waals surface area contributed by atoms with Crippen molar-refractivity contribution >= 4 is 46.6 Å². The van der Waals surface area contributed by atoms with E-state index in [1.165, 1.54) is 15.9 Å². The van der Waals surface area contributed by atoms with E-state index in [-0.39, 0.29) is 68.7 Å². The Bertz CT molecular complexity index is 1590. The van der Waals surface area contributed by atoms with Gasteiger partial charge >= 0.3 is 12.1 Å². The lowest BCUT2D eigenvalue weighted by atomic mass is 10.1. The normalized spacial score (nSPS) is 18.3. The van der Waals surface area contributed by atoms with Gasteiger partial charge in [0.1, 0.15) is 23.5 Å². The van der Waals surface area contributed by atoms with Gasteiger partial charge < -0.3 is 39.5 Å². The lowest BCUT2D eigenvalue weighted by Crippen LogP contribution is -2.56. The summed E-state index contributed by atoms with van der Waals surface area (Å²) in [5.74, 6) is -2.91. The number of carboxylic acids is 1. The number of carboxylic acid groups (broad SMARTS) is 1. The first-order valence-electron chi connectivity index (χ1n) is 16.3. The zero-order valence-corrected chi connectivity index (χ0v) is 27.5. The molecule has 258 valence electrons. The van der Waals surface area contributed by atoms with Crippen LogP contribution >= 0.6 is 0 Å². The Morgan fingerprint density at radius 3 is 2.40 bits per heavy atom. The first kappa shape index (κ1) is 34.4. The molecule has 2 saturated heterocycles. The van der Waals surface area contributed by atoms with Crippen LogP contribution in [0, 0.1) is 6.92 Å². The van der Waals surface area contributed by atoms with E-state index in [1.54, 1.807) is 35.9 Å². The summed E-state index contributed by atoms with van der Waals surface area (Å²) in [6, 6.07) is 4.99. The van der Waals surface area contributed by atoms with Crippen molar-refractivity contribution in [3.8, 4) is 5.75 Å². The Kier molecular flexibility index (Phi) is 10.6. The van der Waals surface area contributed by atoms with Crippen LogP contribution in [0.3, 0.4) is 0 Å².